The van der Waals surface area contributed by atoms with Gasteiger partial charge in [0.1, 0.15) is 0 Å². The van der Waals surface area contributed by atoms with Crippen LogP contribution in [0.25, 0.3) is 10.9 Å². The predicted octanol–water partition coefficient (Wildman–Crippen LogP) is 2.82. The van der Waals surface area contributed by atoms with Crippen LogP contribution >= 0.6 is 0 Å². The second-order valence-electron chi connectivity index (χ2n) is 7.56. The molecule has 1 saturated heterocycles. The first-order valence-corrected chi connectivity index (χ1v) is 8.78. The molecule has 1 aliphatic rings. The number of hydrogen-bond acceptors (Lipinski definition) is 2. The lowest BCUT2D eigenvalue weighted by Gasteiger charge is -2.27. The Bertz CT molecular complexity index is 775. The van der Waals surface area contributed by atoms with E-state index < -0.39 is 0 Å². The number of rotatable bonds is 1. The second kappa shape index (κ2) is 6.78. The largest absolute Gasteiger partial charge is 0.360 e. The fourth-order valence-corrected chi connectivity index (χ4v) is 3.14. The average molecular weight is 342 g/mol. The van der Waals surface area contributed by atoms with E-state index in [-0.39, 0.29) is 17.5 Å². The molecule has 0 spiro atoms. The summed E-state index contributed by atoms with van der Waals surface area (Å²) < 4.78 is 0. The smallest absolute Gasteiger partial charge is 0.317 e. The highest BCUT2D eigenvalue weighted by Gasteiger charge is 2.25. The summed E-state index contributed by atoms with van der Waals surface area (Å²) in [6.45, 7) is 8.34. The summed E-state index contributed by atoms with van der Waals surface area (Å²) in [5, 5.41) is 3.93. The van der Waals surface area contributed by atoms with Crippen molar-refractivity contribution in [3.05, 3.63) is 36.0 Å². The first-order chi connectivity index (χ1) is 11.8. The van der Waals surface area contributed by atoms with Crippen molar-refractivity contribution in [2.24, 2.45) is 0 Å². The number of carbonyl (C=O) groups is 2. The average Bonchev–Trinajstić information content (AvgIpc) is 2.81. The van der Waals surface area contributed by atoms with Gasteiger partial charge in [0.05, 0.1) is 5.56 Å². The molecule has 0 unspecified atom stereocenters. The highest BCUT2D eigenvalue weighted by Crippen LogP contribution is 2.20. The van der Waals surface area contributed by atoms with Crippen molar-refractivity contribution in [2.75, 3.05) is 26.2 Å². The molecule has 1 fully saturated rings. The van der Waals surface area contributed by atoms with Crippen molar-refractivity contribution in [3.8, 4) is 0 Å². The molecule has 3 rings (SSSR count). The SMILES string of the molecule is CC(C)(C)NC(=O)N1CCCN(C(=O)c2c[nH]c3ccccc23)CC1. The van der Waals surface area contributed by atoms with Gasteiger partial charge in [-0.1, -0.05) is 18.2 Å². The molecule has 1 aliphatic heterocycles. The molecule has 6 heteroatoms. The van der Waals surface area contributed by atoms with Crippen molar-refractivity contribution in [1.29, 1.82) is 0 Å². The highest BCUT2D eigenvalue weighted by molar-refractivity contribution is 6.06. The number of carbonyl (C=O) groups excluding carboxylic acids is 2. The Balaban J connectivity index is 1.69. The third kappa shape index (κ3) is 3.95. The standard InChI is InChI=1S/C19H26N4O2/c1-19(2,3)21-18(25)23-10-6-9-22(11-12-23)17(24)15-13-20-16-8-5-4-7-14(15)16/h4-5,7-8,13,20H,6,9-12H2,1-3H3,(H,21,25). The zero-order valence-electron chi connectivity index (χ0n) is 15.1. The minimum Gasteiger partial charge on any atom is -0.360 e. The number of nitrogens with one attached hydrogen (secondary N) is 2. The summed E-state index contributed by atoms with van der Waals surface area (Å²) in [6, 6.07) is 7.75. The molecular formula is C19H26N4O2. The Labute approximate surface area is 148 Å². The maximum absolute atomic E-state index is 12.9. The molecule has 6 nitrogen and oxygen atoms in total. The topological polar surface area (TPSA) is 68.4 Å². The van der Waals surface area contributed by atoms with Gasteiger partial charge in [-0.3, -0.25) is 4.79 Å². The van der Waals surface area contributed by atoms with Crippen molar-refractivity contribution >= 4 is 22.8 Å². The molecule has 0 bridgehead atoms. The van der Waals surface area contributed by atoms with Crippen LogP contribution in [0.2, 0.25) is 0 Å². The summed E-state index contributed by atoms with van der Waals surface area (Å²) in [5.74, 6) is 0.0236. The number of nitrogens with zero attached hydrogens (tertiary/aromatic N) is 2. The zero-order chi connectivity index (χ0) is 18.0. The molecular weight excluding hydrogens is 316 g/mol. The molecule has 1 aromatic heterocycles. The number of aromatic amines is 1. The number of urea groups is 1. The molecule has 1 aromatic carbocycles. The van der Waals surface area contributed by atoms with E-state index in [0.717, 1.165) is 17.3 Å². The van der Waals surface area contributed by atoms with Crippen LogP contribution < -0.4 is 5.32 Å². The normalized spacial score (nSPS) is 16.0. The molecule has 25 heavy (non-hydrogen) atoms. The zero-order valence-corrected chi connectivity index (χ0v) is 15.1. The van der Waals surface area contributed by atoms with E-state index in [1.54, 1.807) is 11.1 Å². The van der Waals surface area contributed by atoms with E-state index in [4.69, 9.17) is 0 Å². The first-order valence-electron chi connectivity index (χ1n) is 8.78. The highest BCUT2D eigenvalue weighted by atomic mass is 16.2. The number of para-hydroxylation sites is 1. The Hall–Kier alpha value is -2.50. The van der Waals surface area contributed by atoms with Crippen molar-refractivity contribution in [3.63, 3.8) is 0 Å². The van der Waals surface area contributed by atoms with Gasteiger partial charge in [0.25, 0.3) is 5.91 Å². The molecule has 134 valence electrons. The second-order valence-corrected chi connectivity index (χ2v) is 7.56. The van der Waals surface area contributed by atoms with Gasteiger partial charge >= 0.3 is 6.03 Å². The van der Waals surface area contributed by atoms with Gasteiger partial charge in [0, 0.05) is 48.8 Å². The third-order valence-corrected chi connectivity index (χ3v) is 4.37. The van der Waals surface area contributed by atoms with Gasteiger partial charge < -0.3 is 20.1 Å². The van der Waals surface area contributed by atoms with Gasteiger partial charge in [-0.05, 0) is 33.3 Å². The number of amides is 3. The van der Waals surface area contributed by atoms with Crippen LogP contribution in [-0.4, -0.2) is 58.4 Å². The van der Waals surface area contributed by atoms with Crippen molar-refractivity contribution in [1.82, 2.24) is 20.1 Å². The van der Waals surface area contributed by atoms with Crippen LogP contribution in [0.15, 0.2) is 30.5 Å². The third-order valence-electron chi connectivity index (χ3n) is 4.37. The molecule has 3 amide bonds. The fourth-order valence-electron chi connectivity index (χ4n) is 3.14. The van der Waals surface area contributed by atoms with Gasteiger partial charge in [0.15, 0.2) is 0 Å². The van der Waals surface area contributed by atoms with E-state index in [9.17, 15) is 9.59 Å². The van der Waals surface area contributed by atoms with E-state index in [1.807, 2.05) is 49.9 Å². The summed E-state index contributed by atoms with van der Waals surface area (Å²) in [4.78, 5) is 32.1. The Kier molecular flexibility index (Phi) is 4.70. The maximum Gasteiger partial charge on any atom is 0.317 e. The van der Waals surface area contributed by atoms with Gasteiger partial charge in [-0.15, -0.1) is 0 Å². The van der Waals surface area contributed by atoms with Crippen molar-refractivity contribution < 1.29 is 9.59 Å². The van der Waals surface area contributed by atoms with Crippen molar-refractivity contribution in [2.45, 2.75) is 32.7 Å². The molecule has 0 radical (unpaired) electrons. The lowest BCUT2D eigenvalue weighted by molar-refractivity contribution is 0.0764. The molecule has 0 aliphatic carbocycles. The molecule has 0 atom stereocenters. The fraction of sp³-hybridized carbons (Fsp3) is 0.474. The lowest BCUT2D eigenvalue weighted by Crippen LogP contribution is -2.49. The Morgan fingerprint density at radius 1 is 1.04 bits per heavy atom. The maximum atomic E-state index is 12.9. The van der Waals surface area contributed by atoms with Gasteiger partial charge in [-0.25, -0.2) is 4.79 Å². The van der Waals surface area contributed by atoms with Crippen LogP contribution in [0.4, 0.5) is 4.79 Å². The van der Waals surface area contributed by atoms with E-state index >= 15 is 0 Å². The number of H-pyrrole nitrogens is 1. The number of hydrogen-bond donors (Lipinski definition) is 2. The number of benzene rings is 1. The Morgan fingerprint density at radius 3 is 2.48 bits per heavy atom. The van der Waals surface area contributed by atoms with Crippen LogP contribution in [0.5, 0.6) is 0 Å². The summed E-state index contributed by atoms with van der Waals surface area (Å²) >= 11 is 0. The van der Waals surface area contributed by atoms with E-state index in [1.165, 1.54) is 0 Å². The molecule has 2 N–H and O–H groups in total. The molecule has 0 saturated carbocycles. The van der Waals surface area contributed by atoms with E-state index in [0.29, 0.717) is 31.7 Å². The number of aromatic nitrogens is 1. The quantitative estimate of drug-likeness (QED) is 0.837. The summed E-state index contributed by atoms with van der Waals surface area (Å²) in [6.07, 6.45) is 2.56. The van der Waals surface area contributed by atoms with Gasteiger partial charge in [-0.2, -0.15) is 0 Å². The first kappa shape index (κ1) is 17.3. The van der Waals surface area contributed by atoms with Crippen LogP contribution in [0, 0.1) is 0 Å². The minimum absolute atomic E-state index is 0.0236. The monoisotopic (exact) mass is 342 g/mol. The number of fused-ring (bicyclic) bond motifs is 1. The van der Waals surface area contributed by atoms with Crippen LogP contribution in [0.3, 0.4) is 0 Å². The summed E-state index contributed by atoms with van der Waals surface area (Å²) in [5.41, 5.74) is 1.40. The minimum atomic E-state index is -0.261. The summed E-state index contributed by atoms with van der Waals surface area (Å²) in [7, 11) is 0. The van der Waals surface area contributed by atoms with Crippen LogP contribution in [-0.2, 0) is 0 Å². The van der Waals surface area contributed by atoms with E-state index in [2.05, 4.69) is 10.3 Å². The van der Waals surface area contributed by atoms with Gasteiger partial charge in [0.2, 0.25) is 0 Å². The predicted molar refractivity (Wildman–Crippen MR) is 98.7 cm³/mol. The molecule has 2 aromatic rings. The lowest BCUT2D eigenvalue weighted by atomic mass is 10.1. The molecule has 2 heterocycles. The van der Waals surface area contributed by atoms with Crippen LogP contribution in [0.1, 0.15) is 37.6 Å². The Morgan fingerprint density at radius 2 is 1.72 bits per heavy atom.